The minimum absolute atomic E-state index is 0.175. The Kier molecular flexibility index (Phi) is 6.62. The molecule has 2 aromatic rings. The van der Waals surface area contributed by atoms with E-state index < -0.39 is 17.9 Å². The van der Waals surface area contributed by atoms with Gasteiger partial charge in [0.25, 0.3) is 0 Å². The highest BCUT2D eigenvalue weighted by Crippen LogP contribution is 2.41. The summed E-state index contributed by atoms with van der Waals surface area (Å²) in [6, 6.07) is 10.8. The minimum atomic E-state index is -0.729. The van der Waals surface area contributed by atoms with E-state index in [1.165, 1.54) is 28.4 Å². The van der Waals surface area contributed by atoms with Crippen molar-refractivity contribution in [2.45, 2.75) is 12.5 Å². The summed E-state index contributed by atoms with van der Waals surface area (Å²) in [5, 5.41) is 0. The number of hydrogen-bond donors (Lipinski definition) is 0. The Balaban J connectivity index is 1.76. The van der Waals surface area contributed by atoms with Gasteiger partial charge in [0.2, 0.25) is 6.79 Å². The number of esters is 2. The first-order valence-corrected chi connectivity index (χ1v) is 10.4. The Hall–Kier alpha value is -4.14. The van der Waals surface area contributed by atoms with Crippen LogP contribution in [-0.2, 0) is 25.6 Å². The number of methoxy groups -OCH3 is 4. The molecular weight excluding hydrogens is 442 g/mol. The molecule has 0 radical (unpaired) electrons. The molecule has 2 heterocycles. The van der Waals surface area contributed by atoms with Gasteiger partial charge in [-0.25, -0.2) is 9.59 Å². The fourth-order valence-electron chi connectivity index (χ4n) is 4.02. The summed E-state index contributed by atoms with van der Waals surface area (Å²) in [4.78, 5) is 27.4. The maximum atomic E-state index is 12.8. The molecule has 0 spiro atoms. The number of hydrogen-bond acceptors (Lipinski definition) is 9. The first kappa shape index (κ1) is 23.0. The van der Waals surface area contributed by atoms with Crippen molar-refractivity contribution in [3.05, 3.63) is 71.1 Å². The number of benzene rings is 2. The van der Waals surface area contributed by atoms with E-state index in [0.717, 1.165) is 5.56 Å². The Morgan fingerprint density at radius 3 is 2.12 bits per heavy atom. The van der Waals surface area contributed by atoms with Crippen molar-refractivity contribution in [3.63, 3.8) is 0 Å². The standard InChI is InChI=1S/C25H25NO8/c1-29-19-8-6-16(10-21(19)30-2)23-17(24(27)31-3)12-26(13-18(23)25(28)32-4)11-15-5-7-20-22(9-15)34-14-33-20/h5-10,12-13,23H,11,14H2,1-4H3. The highest BCUT2D eigenvalue weighted by atomic mass is 16.7. The van der Waals surface area contributed by atoms with Crippen molar-refractivity contribution in [1.82, 2.24) is 4.90 Å². The van der Waals surface area contributed by atoms with Crippen molar-refractivity contribution in [1.29, 1.82) is 0 Å². The van der Waals surface area contributed by atoms with Crippen LogP contribution in [0.15, 0.2) is 59.9 Å². The normalized spacial score (nSPS) is 14.8. The van der Waals surface area contributed by atoms with Crippen molar-refractivity contribution in [2.24, 2.45) is 0 Å². The molecule has 2 aliphatic rings. The van der Waals surface area contributed by atoms with Crippen LogP contribution in [0.5, 0.6) is 23.0 Å². The van der Waals surface area contributed by atoms with Gasteiger partial charge in [0.05, 0.1) is 45.5 Å². The largest absolute Gasteiger partial charge is 0.493 e. The first-order chi connectivity index (χ1) is 16.5. The summed E-state index contributed by atoms with van der Waals surface area (Å²) < 4.78 is 31.7. The number of ether oxygens (including phenoxy) is 6. The maximum absolute atomic E-state index is 12.8. The van der Waals surface area contributed by atoms with E-state index in [1.807, 2.05) is 18.2 Å². The summed E-state index contributed by atoms with van der Waals surface area (Å²) >= 11 is 0. The van der Waals surface area contributed by atoms with E-state index >= 15 is 0 Å². The molecule has 178 valence electrons. The van der Waals surface area contributed by atoms with Gasteiger partial charge in [-0.1, -0.05) is 12.1 Å². The van der Waals surface area contributed by atoms with Gasteiger partial charge in [-0.05, 0) is 35.4 Å². The average molecular weight is 467 g/mol. The zero-order chi connectivity index (χ0) is 24.2. The average Bonchev–Trinajstić information content (AvgIpc) is 3.34. The van der Waals surface area contributed by atoms with Gasteiger partial charge < -0.3 is 33.3 Å². The third-order valence-electron chi connectivity index (χ3n) is 5.62. The number of rotatable bonds is 7. The number of nitrogens with zero attached hydrogens (tertiary/aromatic N) is 1. The van der Waals surface area contributed by atoms with E-state index in [0.29, 0.717) is 35.1 Å². The third kappa shape index (κ3) is 4.36. The van der Waals surface area contributed by atoms with Crippen LogP contribution in [0.4, 0.5) is 0 Å². The molecule has 2 aromatic carbocycles. The molecule has 0 amide bonds. The number of fused-ring (bicyclic) bond motifs is 1. The topological polar surface area (TPSA) is 92.8 Å². The third-order valence-corrected chi connectivity index (χ3v) is 5.62. The first-order valence-electron chi connectivity index (χ1n) is 10.4. The molecule has 0 N–H and O–H groups in total. The minimum Gasteiger partial charge on any atom is -0.493 e. The van der Waals surface area contributed by atoms with Gasteiger partial charge in [0.15, 0.2) is 23.0 Å². The van der Waals surface area contributed by atoms with Gasteiger partial charge in [-0.2, -0.15) is 0 Å². The molecule has 34 heavy (non-hydrogen) atoms. The van der Waals surface area contributed by atoms with Crippen LogP contribution in [0.1, 0.15) is 17.0 Å². The van der Waals surface area contributed by atoms with Crippen molar-refractivity contribution >= 4 is 11.9 Å². The highest BCUT2D eigenvalue weighted by Gasteiger charge is 2.35. The highest BCUT2D eigenvalue weighted by molar-refractivity contribution is 5.98. The molecule has 2 aliphatic heterocycles. The quantitative estimate of drug-likeness (QED) is 0.570. The van der Waals surface area contributed by atoms with E-state index in [2.05, 4.69) is 0 Å². The maximum Gasteiger partial charge on any atom is 0.336 e. The predicted molar refractivity (Wildman–Crippen MR) is 121 cm³/mol. The Bertz CT molecular complexity index is 1140. The zero-order valence-electron chi connectivity index (χ0n) is 19.3. The van der Waals surface area contributed by atoms with Gasteiger partial charge in [-0.15, -0.1) is 0 Å². The molecule has 0 saturated carbocycles. The molecule has 9 nitrogen and oxygen atoms in total. The molecular formula is C25H25NO8. The summed E-state index contributed by atoms with van der Waals surface area (Å²) in [5.74, 6) is 0.456. The van der Waals surface area contributed by atoms with Crippen molar-refractivity contribution in [2.75, 3.05) is 35.2 Å². The van der Waals surface area contributed by atoms with E-state index in [1.54, 1.807) is 35.5 Å². The lowest BCUT2D eigenvalue weighted by molar-refractivity contribution is -0.137. The molecule has 0 saturated heterocycles. The second-order valence-corrected chi connectivity index (χ2v) is 7.56. The van der Waals surface area contributed by atoms with Gasteiger partial charge in [0.1, 0.15) is 0 Å². The smallest absolute Gasteiger partial charge is 0.336 e. The second-order valence-electron chi connectivity index (χ2n) is 7.56. The molecule has 9 heteroatoms. The van der Waals surface area contributed by atoms with Crippen LogP contribution in [0.3, 0.4) is 0 Å². The van der Waals surface area contributed by atoms with Crippen LogP contribution in [0.25, 0.3) is 0 Å². The van der Waals surface area contributed by atoms with Crippen LogP contribution in [0.2, 0.25) is 0 Å². The molecule has 0 aromatic heterocycles. The van der Waals surface area contributed by atoms with Gasteiger partial charge >= 0.3 is 11.9 Å². The summed E-state index contributed by atoms with van der Waals surface area (Å²) in [7, 11) is 5.65. The molecule has 0 unspecified atom stereocenters. The van der Waals surface area contributed by atoms with Crippen molar-refractivity contribution < 1.29 is 38.0 Å². The SMILES string of the molecule is COC(=O)C1=CN(Cc2ccc3c(c2)OCO3)C=C(C(=O)OC)C1c1ccc(OC)c(OC)c1. The fraction of sp³-hybridized carbons (Fsp3) is 0.280. The Labute approximate surface area is 197 Å². The monoisotopic (exact) mass is 467 g/mol. The van der Waals surface area contributed by atoms with E-state index in [4.69, 9.17) is 28.4 Å². The van der Waals surface area contributed by atoms with Crippen molar-refractivity contribution in [3.8, 4) is 23.0 Å². The van der Waals surface area contributed by atoms with Crippen LogP contribution in [-0.4, -0.2) is 52.1 Å². The molecule has 0 fully saturated rings. The fourth-order valence-corrected chi connectivity index (χ4v) is 4.02. The zero-order valence-corrected chi connectivity index (χ0v) is 19.3. The number of carbonyl (C=O) groups excluding carboxylic acids is 2. The second kappa shape index (κ2) is 9.78. The molecule has 0 aliphatic carbocycles. The van der Waals surface area contributed by atoms with E-state index in [-0.39, 0.29) is 17.9 Å². The van der Waals surface area contributed by atoms with E-state index in [9.17, 15) is 9.59 Å². The van der Waals surface area contributed by atoms with Gasteiger partial charge in [-0.3, -0.25) is 0 Å². The lowest BCUT2D eigenvalue weighted by atomic mass is 9.83. The molecule has 4 rings (SSSR count). The number of carbonyl (C=O) groups is 2. The molecule has 0 bridgehead atoms. The molecule has 0 atom stereocenters. The summed E-state index contributed by atoms with van der Waals surface area (Å²) in [5.41, 5.74) is 2.10. The van der Waals surface area contributed by atoms with Gasteiger partial charge in [0, 0.05) is 18.9 Å². The summed E-state index contributed by atoms with van der Waals surface area (Å²) in [6.07, 6.45) is 3.34. The Morgan fingerprint density at radius 1 is 0.853 bits per heavy atom. The summed E-state index contributed by atoms with van der Waals surface area (Å²) in [6.45, 7) is 0.546. The lowest BCUT2D eigenvalue weighted by Gasteiger charge is -2.30. The van der Waals surface area contributed by atoms with Crippen LogP contribution >= 0.6 is 0 Å². The predicted octanol–water partition coefficient (Wildman–Crippen LogP) is 3.15. The van der Waals surface area contributed by atoms with Crippen LogP contribution < -0.4 is 18.9 Å². The Morgan fingerprint density at radius 2 is 1.50 bits per heavy atom. The lowest BCUT2D eigenvalue weighted by Crippen LogP contribution is -2.28. The van der Waals surface area contributed by atoms with Crippen LogP contribution in [0, 0.1) is 0 Å².